The van der Waals surface area contributed by atoms with E-state index in [2.05, 4.69) is 27.1 Å². The number of nitrogens with one attached hydrogen (secondary N) is 2. The highest BCUT2D eigenvalue weighted by Crippen LogP contribution is 2.40. The van der Waals surface area contributed by atoms with Gasteiger partial charge in [-0.2, -0.15) is 5.10 Å². The molecule has 0 amide bonds. The Morgan fingerprint density at radius 2 is 1.95 bits per heavy atom. The molecule has 186 valence electrons. The largest absolute Gasteiger partial charge is 0.426 e. The van der Waals surface area contributed by atoms with Crippen molar-refractivity contribution >= 4 is 45.3 Å². The quantitative estimate of drug-likeness (QED) is 0.224. The Morgan fingerprint density at radius 1 is 1.19 bits per heavy atom. The molecule has 1 aromatic carbocycles. The average Bonchev–Trinajstić information content (AvgIpc) is 3.52. The lowest BCUT2D eigenvalue weighted by Crippen LogP contribution is -2.40. The summed E-state index contributed by atoms with van der Waals surface area (Å²) in [6, 6.07) is 6.81. The van der Waals surface area contributed by atoms with E-state index < -0.39 is 6.04 Å². The van der Waals surface area contributed by atoms with Crippen molar-refractivity contribution in [2.75, 3.05) is 4.90 Å². The van der Waals surface area contributed by atoms with Crippen molar-refractivity contribution in [3.63, 3.8) is 0 Å². The van der Waals surface area contributed by atoms with E-state index in [4.69, 9.17) is 31.8 Å². The number of hydrogen-bond donors (Lipinski definition) is 2. The summed E-state index contributed by atoms with van der Waals surface area (Å²) in [5.41, 5.74) is 4.12. The Bertz CT molecular complexity index is 1620. The lowest BCUT2D eigenvalue weighted by Gasteiger charge is -2.24. The number of benzene rings is 1. The van der Waals surface area contributed by atoms with E-state index >= 15 is 0 Å². The minimum absolute atomic E-state index is 0.154. The molecular formula is C26H23ClN8OS. The number of fused-ring (bicyclic) bond motifs is 1. The van der Waals surface area contributed by atoms with Crippen LogP contribution >= 0.6 is 22.9 Å². The van der Waals surface area contributed by atoms with E-state index in [9.17, 15) is 0 Å². The van der Waals surface area contributed by atoms with E-state index in [-0.39, 0.29) is 18.1 Å². The van der Waals surface area contributed by atoms with Crippen molar-refractivity contribution in [1.29, 1.82) is 10.8 Å². The van der Waals surface area contributed by atoms with Crippen LogP contribution in [0.3, 0.4) is 0 Å². The number of aliphatic imine (C=N–C) groups is 1. The summed E-state index contributed by atoms with van der Waals surface area (Å²) in [5.74, 6) is 7.64. The fourth-order valence-corrected chi connectivity index (χ4v) is 5.45. The Labute approximate surface area is 222 Å². The number of amidine groups is 2. The fourth-order valence-electron chi connectivity index (χ4n) is 4.10. The Hall–Kier alpha value is -4.07. The Balaban J connectivity index is 1.70. The number of halogens is 1. The third-order valence-corrected chi connectivity index (χ3v) is 7.27. The zero-order valence-electron chi connectivity index (χ0n) is 20.6. The number of rotatable bonds is 3. The summed E-state index contributed by atoms with van der Waals surface area (Å²) in [5, 5.41) is 31.2. The molecule has 0 radical (unpaired) electrons. The number of hydrogen-bond acceptors (Lipinski definition) is 8. The molecule has 5 rings (SSSR count). The SMILES string of the molecule is CC(=N)N1C(=N)[C@H](Cc2nnc(C)o2)N=C(c2ccc(Cl)cc2)c2c1sc(C#Cc1cnn(C)c1)c2C. The van der Waals surface area contributed by atoms with Crippen molar-refractivity contribution < 1.29 is 4.42 Å². The van der Waals surface area contributed by atoms with Crippen molar-refractivity contribution in [2.45, 2.75) is 33.2 Å². The molecule has 0 saturated heterocycles. The van der Waals surface area contributed by atoms with Crippen molar-refractivity contribution in [2.24, 2.45) is 12.0 Å². The number of anilines is 1. The maximum absolute atomic E-state index is 9.09. The highest BCUT2D eigenvalue weighted by molar-refractivity contribution is 7.17. The van der Waals surface area contributed by atoms with Gasteiger partial charge in [0.05, 0.1) is 28.8 Å². The molecule has 0 saturated carbocycles. The van der Waals surface area contributed by atoms with Gasteiger partial charge in [-0.1, -0.05) is 35.6 Å². The van der Waals surface area contributed by atoms with Crippen LogP contribution in [0, 0.1) is 36.5 Å². The smallest absolute Gasteiger partial charge is 0.219 e. The second-order valence-electron chi connectivity index (χ2n) is 8.61. The minimum Gasteiger partial charge on any atom is -0.426 e. The summed E-state index contributed by atoms with van der Waals surface area (Å²) in [4.78, 5) is 7.52. The predicted octanol–water partition coefficient (Wildman–Crippen LogP) is 4.78. The molecule has 4 aromatic rings. The molecule has 0 aliphatic carbocycles. The molecule has 0 spiro atoms. The van der Waals surface area contributed by atoms with Gasteiger partial charge in [0.2, 0.25) is 11.8 Å². The molecule has 0 bridgehead atoms. The van der Waals surface area contributed by atoms with Gasteiger partial charge in [-0.3, -0.25) is 25.4 Å². The molecule has 1 aliphatic heterocycles. The van der Waals surface area contributed by atoms with E-state index in [1.54, 1.807) is 29.6 Å². The van der Waals surface area contributed by atoms with E-state index in [0.717, 1.165) is 32.1 Å². The highest BCUT2D eigenvalue weighted by atomic mass is 35.5. The lowest BCUT2D eigenvalue weighted by atomic mass is 9.99. The van der Waals surface area contributed by atoms with Crippen molar-refractivity contribution in [3.05, 3.63) is 80.6 Å². The topological polar surface area (TPSA) is 120 Å². The van der Waals surface area contributed by atoms with E-state index in [0.29, 0.717) is 22.5 Å². The van der Waals surface area contributed by atoms with Gasteiger partial charge in [0.15, 0.2) is 0 Å². The summed E-state index contributed by atoms with van der Waals surface area (Å²) < 4.78 is 7.31. The Morgan fingerprint density at radius 3 is 2.57 bits per heavy atom. The van der Waals surface area contributed by atoms with Crippen LogP contribution in [0.25, 0.3) is 0 Å². The standard InChI is InChI=1S/C26H23ClN8OS/c1-14-21(10-5-17-12-30-34(4)13-17)37-26-23(14)24(18-6-8-19(27)9-7-18)31-20(25(29)35(26)15(2)28)11-22-33-32-16(3)36-22/h6-9,12-13,20,28-29H,11H2,1-4H3/t20-/m0/s1. The molecule has 0 fully saturated rings. The molecule has 9 nitrogen and oxygen atoms in total. The zero-order valence-corrected chi connectivity index (χ0v) is 22.2. The zero-order chi connectivity index (χ0) is 26.3. The van der Waals surface area contributed by atoms with Crippen LogP contribution in [0.15, 0.2) is 46.1 Å². The first kappa shape index (κ1) is 24.6. The molecule has 3 aromatic heterocycles. The normalized spacial score (nSPS) is 15.1. The number of nitrogens with zero attached hydrogens (tertiary/aromatic N) is 6. The Kier molecular flexibility index (Phi) is 6.50. The van der Waals surface area contributed by atoms with Gasteiger partial charge in [0, 0.05) is 36.3 Å². The molecule has 1 atom stereocenters. The van der Waals surface area contributed by atoms with E-state index in [1.165, 1.54) is 11.3 Å². The third kappa shape index (κ3) is 4.83. The second-order valence-corrected chi connectivity index (χ2v) is 10.0. The molecule has 37 heavy (non-hydrogen) atoms. The number of aromatic nitrogens is 4. The van der Waals surface area contributed by atoms with Gasteiger partial charge in [-0.15, -0.1) is 21.5 Å². The molecule has 4 heterocycles. The van der Waals surface area contributed by atoms with Gasteiger partial charge < -0.3 is 4.42 Å². The van der Waals surface area contributed by atoms with Crippen LogP contribution in [0.2, 0.25) is 5.02 Å². The lowest BCUT2D eigenvalue weighted by molar-refractivity contribution is 0.462. The van der Waals surface area contributed by atoms with Crippen LogP contribution in [0.5, 0.6) is 0 Å². The van der Waals surface area contributed by atoms with Gasteiger partial charge in [-0.05, 0) is 31.5 Å². The molecule has 1 aliphatic rings. The summed E-state index contributed by atoms with van der Waals surface area (Å²) in [7, 11) is 1.85. The fraction of sp³-hybridized carbons (Fsp3) is 0.231. The predicted molar refractivity (Wildman–Crippen MR) is 145 cm³/mol. The number of thiophene rings is 1. The van der Waals surface area contributed by atoms with E-state index in [1.807, 2.05) is 44.4 Å². The van der Waals surface area contributed by atoms with Crippen LogP contribution < -0.4 is 4.90 Å². The van der Waals surface area contributed by atoms with Gasteiger partial charge in [-0.25, -0.2) is 0 Å². The van der Waals surface area contributed by atoms with Gasteiger partial charge >= 0.3 is 0 Å². The minimum atomic E-state index is -0.644. The summed E-state index contributed by atoms with van der Waals surface area (Å²) >= 11 is 7.63. The first-order chi connectivity index (χ1) is 17.7. The third-order valence-electron chi connectivity index (χ3n) is 5.82. The second kappa shape index (κ2) is 9.76. The van der Waals surface area contributed by atoms with Gasteiger partial charge in [0.25, 0.3) is 0 Å². The van der Waals surface area contributed by atoms with Crippen molar-refractivity contribution in [3.8, 4) is 11.8 Å². The maximum atomic E-state index is 9.09. The molecular weight excluding hydrogens is 508 g/mol. The first-order valence-electron chi connectivity index (χ1n) is 11.4. The highest BCUT2D eigenvalue weighted by Gasteiger charge is 2.35. The summed E-state index contributed by atoms with van der Waals surface area (Å²) in [6.45, 7) is 5.38. The van der Waals surface area contributed by atoms with Crippen LogP contribution in [-0.4, -0.2) is 43.4 Å². The monoisotopic (exact) mass is 530 g/mol. The average molecular weight is 531 g/mol. The first-order valence-corrected chi connectivity index (χ1v) is 12.6. The van der Waals surface area contributed by atoms with Crippen molar-refractivity contribution in [1.82, 2.24) is 20.0 Å². The van der Waals surface area contributed by atoms with Crippen LogP contribution in [-0.2, 0) is 13.5 Å². The molecule has 11 heteroatoms. The van der Waals surface area contributed by atoms with Crippen LogP contribution in [0.1, 0.15) is 45.8 Å². The number of aryl methyl sites for hydroxylation is 2. The molecule has 2 N–H and O–H groups in total. The van der Waals surface area contributed by atoms with Gasteiger partial charge in [0.1, 0.15) is 22.7 Å². The maximum Gasteiger partial charge on any atom is 0.219 e. The summed E-state index contributed by atoms with van der Waals surface area (Å²) in [6.07, 6.45) is 3.81. The van der Waals surface area contributed by atoms with Crippen LogP contribution in [0.4, 0.5) is 5.00 Å². The molecule has 0 unspecified atom stereocenters.